The van der Waals surface area contributed by atoms with Gasteiger partial charge in [-0.3, -0.25) is 4.79 Å². The molecule has 1 aromatic rings. The highest BCUT2D eigenvalue weighted by Crippen LogP contribution is 2.45. The van der Waals surface area contributed by atoms with Gasteiger partial charge in [-0.15, -0.1) is 11.8 Å². The highest BCUT2D eigenvalue weighted by molar-refractivity contribution is 7.99. The number of rotatable bonds is 8. The van der Waals surface area contributed by atoms with E-state index in [1.807, 2.05) is 30.0 Å². The molecule has 1 aliphatic heterocycles. The Kier molecular flexibility index (Phi) is 7.05. The van der Waals surface area contributed by atoms with Crippen LogP contribution in [0.4, 0.5) is 0 Å². The number of ether oxygens (including phenoxy) is 3. The van der Waals surface area contributed by atoms with Gasteiger partial charge in [0, 0.05) is 31.9 Å². The average Bonchev–Trinajstić information content (AvgIpc) is 2.59. The van der Waals surface area contributed by atoms with Crippen molar-refractivity contribution in [3.05, 3.63) is 23.8 Å². The van der Waals surface area contributed by atoms with Crippen molar-refractivity contribution >= 4 is 17.7 Å². The molecule has 1 amide bonds. The molecule has 5 nitrogen and oxygen atoms in total. The Morgan fingerprint density at radius 1 is 1.26 bits per heavy atom. The molecule has 1 saturated heterocycles. The third-order valence-corrected chi connectivity index (χ3v) is 5.05. The van der Waals surface area contributed by atoms with Crippen LogP contribution in [-0.2, 0) is 9.53 Å². The van der Waals surface area contributed by atoms with Gasteiger partial charge in [-0.1, -0.05) is 6.07 Å². The number of hydrogen-bond donors (Lipinski definition) is 0. The van der Waals surface area contributed by atoms with Crippen molar-refractivity contribution in [2.45, 2.75) is 25.1 Å². The summed E-state index contributed by atoms with van der Waals surface area (Å²) in [5, 5.41) is -0.0797. The minimum atomic E-state index is -0.0797. The molecule has 0 N–H and O–H groups in total. The second-order valence-electron chi connectivity index (χ2n) is 5.19. The van der Waals surface area contributed by atoms with Crippen LogP contribution in [-0.4, -0.2) is 50.5 Å². The lowest BCUT2D eigenvalue weighted by Gasteiger charge is -2.36. The summed E-state index contributed by atoms with van der Waals surface area (Å²) in [5.41, 5.74) is 0.937. The number of carbonyl (C=O) groups excluding carboxylic acids is 1. The van der Waals surface area contributed by atoms with Crippen molar-refractivity contribution in [2.24, 2.45) is 0 Å². The Bertz CT molecular complexity index is 501. The normalized spacial score (nSPS) is 18.1. The van der Waals surface area contributed by atoms with Crippen molar-refractivity contribution in [3.8, 4) is 11.5 Å². The summed E-state index contributed by atoms with van der Waals surface area (Å²) < 4.78 is 16.4. The smallest absolute Gasteiger partial charge is 0.224 e. The van der Waals surface area contributed by atoms with Crippen molar-refractivity contribution < 1.29 is 19.0 Å². The van der Waals surface area contributed by atoms with Crippen molar-refractivity contribution in [2.75, 3.05) is 39.7 Å². The lowest BCUT2D eigenvalue weighted by molar-refractivity contribution is -0.132. The van der Waals surface area contributed by atoms with Crippen LogP contribution < -0.4 is 9.47 Å². The number of carbonyl (C=O) groups is 1. The molecule has 2 rings (SSSR count). The van der Waals surface area contributed by atoms with E-state index in [2.05, 4.69) is 0 Å². The fraction of sp³-hybridized carbons (Fsp3) is 0.588. The van der Waals surface area contributed by atoms with Crippen LogP contribution in [0.5, 0.6) is 11.5 Å². The van der Waals surface area contributed by atoms with Gasteiger partial charge in [-0.25, -0.2) is 0 Å². The Hall–Kier alpha value is -1.40. The first-order valence-electron chi connectivity index (χ1n) is 7.92. The molecule has 0 spiro atoms. The molecule has 23 heavy (non-hydrogen) atoms. The van der Waals surface area contributed by atoms with E-state index in [-0.39, 0.29) is 11.3 Å². The van der Waals surface area contributed by atoms with E-state index in [4.69, 9.17) is 14.2 Å². The third kappa shape index (κ3) is 4.32. The number of hydrogen-bond acceptors (Lipinski definition) is 5. The molecule has 0 aromatic heterocycles. The van der Waals surface area contributed by atoms with Gasteiger partial charge in [-0.05, 0) is 25.5 Å². The van der Waals surface area contributed by atoms with Gasteiger partial charge in [0.25, 0.3) is 0 Å². The maximum absolute atomic E-state index is 12.4. The molecule has 0 saturated carbocycles. The number of thioether (sulfide) groups is 1. The van der Waals surface area contributed by atoms with Crippen molar-refractivity contribution in [3.63, 3.8) is 0 Å². The third-order valence-electron chi connectivity index (χ3n) is 3.80. The molecular formula is C17H25NO4S. The van der Waals surface area contributed by atoms with Crippen LogP contribution in [0.15, 0.2) is 18.2 Å². The molecule has 1 heterocycles. The molecule has 0 bridgehead atoms. The monoisotopic (exact) mass is 339 g/mol. The van der Waals surface area contributed by atoms with Gasteiger partial charge in [0.1, 0.15) is 16.9 Å². The first-order valence-corrected chi connectivity index (χ1v) is 8.97. The first-order chi connectivity index (χ1) is 11.2. The lowest BCUT2D eigenvalue weighted by Crippen LogP contribution is -2.38. The predicted octanol–water partition coefficient (Wildman–Crippen LogP) is 3.09. The Balaban J connectivity index is 2.25. The zero-order valence-electron chi connectivity index (χ0n) is 14.0. The summed E-state index contributed by atoms with van der Waals surface area (Å²) in [5.74, 6) is 2.50. The summed E-state index contributed by atoms with van der Waals surface area (Å²) in [7, 11) is 3.29. The first kappa shape index (κ1) is 17.9. The fourth-order valence-electron chi connectivity index (χ4n) is 2.71. The highest BCUT2D eigenvalue weighted by Gasteiger charge is 2.33. The van der Waals surface area contributed by atoms with Crippen LogP contribution in [0.2, 0.25) is 0 Å². The fourth-order valence-corrected chi connectivity index (χ4v) is 4.03. The van der Waals surface area contributed by atoms with Gasteiger partial charge < -0.3 is 19.1 Å². The molecule has 1 aliphatic rings. The van der Waals surface area contributed by atoms with Crippen molar-refractivity contribution in [1.29, 1.82) is 0 Å². The highest BCUT2D eigenvalue weighted by atomic mass is 32.2. The molecule has 0 aliphatic carbocycles. The standard InChI is InChI=1S/C17H25NO4S/c1-4-22-11-6-10-18-15(19)9-12-23-17(18)16-13(20-2)7-5-8-14(16)21-3/h5,7-8,17H,4,6,9-12H2,1-3H3. The predicted molar refractivity (Wildman–Crippen MR) is 92.2 cm³/mol. The van der Waals surface area contributed by atoms with Gasteiger partial charge in [0.15, 0.2) is 0 Å². The van der Waals surface area contributed by atoms with Crippen LogP contribution in [0, 0.1) is 0 Å². The maximum Gasteiger partial charge on any atom is 0.224 e. The van der Waals surface area contributed by atoms with E-state index >= 15 is 0 Å². The molecule has 1 unspecified atom stereocenters. The van der Waals surface area contributed by atoms with Crippen molar-refractivity contribution in [1.82, 2.24) is 4.90 Å². The van der Waals surface area contributed by atoms with Crippen LogP contribution in [0.25, 0.3) is 0 Å². The van der Waals surface area contributed by atoms with E-state index < -0.39 is 0 Å². The molecular weight excluding hydrogens is 314 g/mol. The summed E-state index contributed by atoms with van der Waals surface area (Å²) >= 11 is 1.76. The summed E-state index contributed by atoms with van der Waals surface area (Å²) in [6.45, 7) is 4.02. The van der Waals surface area contributed by atoms with E-state index in [1.165, 1.54) is 0 Å². The minimum absolute atomic E-state index is 0.0797. The average molecular weight is 339 g/mol. The van der Waals surface area contributed by atoms with Gasteiger partial charge in [0.2, 0.25) is 5.91 Å². The molecule has 1 aromatic carbocycles. The van der Waals surface area contributed by atoms with Crippen LogP contribution >= 0.6 is 11.8 Å². The number of methoxy groups -OCH3 is 2. The molecule has 128 valence electrons. The Morgan fingerprint density at radius 2 is 1.96 bits per heavy atom. The SMILES string of the molecule is CCOCCCN1C(=O)CCSC1c1c(OC)cccc1OC. The number of amides is 1. The Labute approximate surface area is 142 Å². The summed E-state index contributed by atoms with van der Waals surface area (Å²) in [6.07, 6.45) is 1.40. The Morgan fingerprint density at radius 3 is 2.57 bits per heavy atom. The molecule has 6 heteroatoms. The molecule has 1 fully saturated rings. The topological polar surface area (TPSA) is 48.0 Å². The zero-order chi connectivity index (χ0) is 16.7. The van der Waals surface area contributed by atoms with E-state index in [1.54, 1.807) is 26.0 Å². The second kappa shape index (κ2) is 9.03. The zero-order valence-corrected chi connectivity index (χ0v) is 14.9. The van der Waals surface area contributed by atoms with Gasteiger partial charge >= 0.3 is 0 Å². The van der Waals surface area contributed by atoms with E-state index in [9.17, 15) is 4.79 Å². The lowest BCUT2D eigenvalue weighted by atomic mass is 10.1. The minimum Gasteiger partial charge on any atom is -0.496 e. The van der Waals surface area contributed by atoms with Crippen LogP contribution in [0.1, 0.15) is 30.7 Å². The second-order valence-corrected chi connectivity index (χ2v) is 6.38. The number of benzene rings is 1. The number of nitrogens with zero attached hydrogens (tertiary/aromatic N) is 1. The van der Waals surface area contributed by atoms with E-state index in [0.717, 1.165) is 29.2 Å². The van der Waals surface area contributed by atoms with Gasteiger partial charge in [-0.2, -0.15) is 0 Å². The maximum atomic E-state index is 12.4. The summed E-state index contributed by atoms with van der Waals surface area (Å²) in [4.78, 5) is 14.4. The summed E-state index contributed by atoms with van der Waals surface area (Å²) in [6, 6.07) is 5.72. The van der Waals surface area contributed by atoms with E-state index in [0.29, 0.717) is 26.2 Å². The van der Waals surface area contributed by atoms with Crippen LogP contribution in [0.3, 0.4) is 0 Å². The molecule has 1 atom stereocenters. The van der Waals surface area contributed by atoms with Gasteiger partial charge in [0.05, 0.1) is 19.8 Å². The largest absolute Gasteiger partial charge is 0.496 e. The quantitative estimate of drug-likeness (QED) is 0.681. The molecule has 0 radical (unpaired) electrons.